The molecule has 96 valence electrons. The molecule has 0 aromatic heterocycles. The SMILES string of the molecule is CC(C)CC1C(=O)NC(C)C(=O)N1CC1CC1. The molecule has 1 aliphatic heterocycles. The van der Waals surface area contributed by atoms with E-state index in [0.717, 1.165) is 13.0 Å². The largest absolute Gasteiger partial charge is 0.343 e. The summed E-state index contributed by atoms with van der Waals surface area (Å²) >= 11 is 0. The van der Waals surface area contributed by atoms with Gasteiger partial charge in [-0.2, -0.15) is 0 Å². The molecule has 1 saturated carbocycles. The topological polar surface area (TPSA) is 49.4 Å². The second-order valence-corrected chi connectivity index (χ2v) is 5.81. The second kappa shape index (κ2) is 4.67. The number of hydrogen-bond donors (Lipinski definition) is 1. The van der Waals surface area contributed by atoms with Gasteiger partial charge < -0.3 is 10.2 Å². The number of rotatable bonds is 4. The lowest BCUT2D eigenvalue weighted by atomic mass is 9.98. The van der Waals surface area contributed by atoms with Gasteiger partial charge in [-0.05, 0) is 38.0 Å². The molecule has 2 aliphatic rings. The first-order valence-electron chi connectivity index (χ1n) is 6.60. The zero-order valence-electron chi connectivity index (χ0n) is 10.9. The summed E-state index contributed by atoms with van der Waals surface area (Å²) in [5, 5.41) is 2.78. The minimum Gasteiger partial charge on any atom is -0.343 e. The molecule has 2 rings (SSSR count). The van der Waals surface area contributed by atoms with Gasteiger partial charge in [0.15, 0.2) is 0 Å². The first kappa shape index (κ1) is 12.4. The zero-order chi connectivity index (χ0) is 12.6. The summed E-state index contributed by atoms with van der Waals surface area (Å²) < 4.78 is 0. The van der Waals surface area contributed by atoms with Crippen molar-refractivity contribution in [3.8, 4) is 0 Å². The molecule has 1 N–H and O–H groups in total. The summed E-state index contributed by atoms with van der Waals surface area (Å²) in [6.45, 7) is 6.72. The lowest BCUT2D eigenvalue weighted by molar-refractivity contribution is -0.149. The Morgan fingerprint density at radius 2 is 2.00 bits per heavy atom. The molecule has 2 unspecified atom stereocenters. The van der Waals surface area contributed by atoms with Gasteiger partial charge in [0.25, 0.3) is 0 Å². The average Bonchev–Trinajstić information content (AvgIpc) is 3.03. The van der Waals surface area contributed by atoms with Crippen molar-refractivity contribution in [2.24, 2.45) is 11.8 Å². The van der Waals surface area contributed by atoms with Crippen molar-refractivity contribution in [2.75, 3.05) is 6.54 Å². The number of nitrogens with one attached hydrogen (secondary N) is 1. The van der Waals surface area contributed by atoms with Crippen molar-refractivity contribution >= 4 is 11.8 Å². The number of amides is 2. The van der Waals surface area contributed by atoms with Crippen LogP contribution in [0.4, 0.5) is 0 Å². The monoisotopic (exact) mass is 238 g/mol. The highest BCUT2D eigenvalue weighted by atomic mass is 16.2. The number of carbonyl (C=O) groups is 2. The van der Waals surface area contributed by atoms with E-state index in [1.807, 2.05) is 4.90 Å². The van der Waals surface area contributed by atoms with Gasteiger partial charge in [-0.3, -0.25) is 9.59 Å². The van der Waals surface area contributed by atoms with Crippen molar-refractivity contribution < 1.29 is 9.59 Å². The Kier molecular flexibility index (Phi) is 3.40. The third-order valence-corrected chi connectivity index (χ3v) is 3.54. The summed E-state index contributed by atoms with van der Waals surface area (Å²) in [7, 11) is 0. The number of hydrogen-bond acceptors (Lipinski definition) is 2. The van der Waals surface area contributed by atoms with Crippen LogP contribution in [0.25, 0.3) is 0 Å². The van der Waals surface area contributed by atoms with Crippen molar-refractivity contribution in [3.63, 3.8) is 0 Å². The van der Waals surface area contributed by atoms with Crippen molar-refractivity contribution in [1.82, 2.24) is 10.2 Å². The highest BCUT2D eigenvalue weighted by Crippen LogP contribution is 2.32. The molecule has 17 heavy (non-hydrogen) atoms. The van der Waals surface area contributed by atoms with Crippen molar-refractivity contribution in [2.45, 2.75) is 52.1 Å². The van der Waals surface area contributed by atoms with E-state index in [2.05, 4.69) is 19.2 Å². The van der Waals surface area contributed by atoms with Gasteiger partial charge in [0.1, 0.15) is 12.1 Å². The second-order valence-electron chi connectivity index (χ2n) is 5.81. The molecule has 0 radical (unpaired) electrons. The van der Waals surface area contributed by atoms with Crippen LogP contribution in [0.1, 0.15) is 40.0 Å². The van der Waals surface area contributed by atoms with Gasteiger partial charge in [0, 0.05) is 6.54 Å². The van der Waals surface area contributed by atoms with Crippen LogP contribution in [-0.4, -0.2) is 35.3 Å². The molecule has 0 aromatic carbocycles. The summed E-state index contributed by atoms with van der Waals surface area (Å²) in [4.78, 5) is 26.0. The molecule has 2 amide bonds. The van der Waals surface area contributed by atoms with Crippen LogP contribution < -0.4 is 5.32 Å². The van der Waals surface area contributed by atoms with E-state index in [-0.39, 0.29) is 23.9 Å². The van der Waals surface area contributed by atoms with E-state index in [1.54, 1.807) is 6.92 Å². The van der Waals surface area contributed by atoms with Crippen molar-refractivity contribution in [3.05, 3.63) is 0 Å². The molecule has 0 bridgehead atoms. The number of piperazine rings is 1. The lowest BCUT2D eigenvalue weighted by Crippen LogP contribution is -2.63. The molecular weight excluding hydrogens is 216 g/mol. The Morgan fingerprint density at radius 1 is 1.35 bits per heavy atom. The van der Waals surface area contributed by atoms with Gasteiger partial charge in [-0.25, -0.2) is 0 Å². The fraction of sp³-hybridized carbons (Fsp3) is 0.846. The van der Waals surface area contributed by atoms with Crippen molar-refractivity contribution in [1.29, 1.82) is 0 Å². The predicted octanol–water partition coefficient (Wildman–Crippen LogP) is 1.16. The maximum Gasteiger partial charge on any atom is 0.245 e. The Balaban J connectivity index is 2.11. The van der Waals surface area contributed by atoms with E-state index in [1.165, 1.54) is 12.8 Å². The predicted molar refractivity (Wildman–Crippen MR) is 65.3 cm³/mol. The smallest absolute Gasteiger partial charge is 0.245 e. The molecular formula is C13H22N2O2. The average molecular weight is 238 g/mol. The van der Waals surface area contributed by atoms with Crippen LogP contribution >= 0.6 is 0 Å². The summed E-state index contributed by atoms with van der Waals surface area (Å²) in [5.74, 6) is 1.16. The summed E-state index contributed by atoms with van der Waals surface area (Å²) in [6, 6.07) is -0.607. The third kappa shape index (κ3) is 2.79. The Bertz CT molecular complexity index is 323. The maximum absolute atomic E-state index is 12.1. The van der Waals surface area contributed by atoms with E-state index in [4.69, 9.17) is 0 Å². The highest BCUT2D eigenvalue weighted by Gasteiger charge is 2.40. The number of carbonyl (C=O) groups excluding carboxylic acids is 2. The molecule has 1 saturated heterocycles. The Hall–Kier alpha value is -1.06. The van der Waals surface area contributed by atoms with Gasteiger partial charge >= 0.3 is 0 Å². The van der Waals surface area contributed by atoms with E-state index in [9.17, 15) is 9.59 Å². The van der Waals surface area contributed by atoms with Gasteiger partial charge in [0.05, 0.1) is 0 Å². The normalized spacial score (nSPS) is 29.8. The van der Waals surface area contributed by atoms with Gasteiger partial charge in [-0.15, -0.1) is 0 Å². The first-order valence-corrected chi connectivity index (χ1v) is 6.60. The first-order chi connectivity index (χ1) is 7.99. The summed E-state index contributed by atoms with van der Waals surface area (Å²) in [6.07, 6.45) is 3.17. The standard InChI is InChI=1S/C13H22N2O2/c1-8(2)6-11-12(16)14-9(3)13(17)15(11)7-10-4-5-10/h8-11H,4-7H2,1-3H3,(H,14,16). The minimum absolute atomic E-state index is 0.0199. The summed E-state index contributed by atoms with van der Waals surface area (Å²) in [5.41, 5.74) is 0. The fourth-order valence-electron chi connectivity index (χ4n) is 2.39. The van der Waals surface area contributed by atoms with Gasteiger partial charge in [-0.1, -0.05) is 13.8 Å². The van der Waals surface area contributed by atoms with E-state index < -0.39 is 0 Å². The Labute approximate surface area is 103 Å². The molecule has 0 spiro atoms. The number of nitrogens with zero attached hydrogens (tertiary/aromatic N) is 1. The molecule has 1 aliphatic carbocycles. The van der Waals surface area contributed by atoms with Crippen LogP contribution in [0.3, 0.4) is 0 Å². The van der Waals surface area contributed by atoms with Crippen LogP contribution in [0.5, 0.6) is 0 Å². The lowest BCUT2D eigenvalue weighted by Gasteiger charge is -2.38. The van der Waals surface area contributed by atoms with Crippen LogP contribution in [0, 0.1) is 11.8 Å². The molecule has 4 nitrogen and oxygen atoms in total. The van der Waals surface area contributed by atoms with E-state index in [0.29, 0.717) is 11.8 Å². The molecule has 1 heterocycles. The fourth-order valence-corrected chi connectivity index (χ4v) is 2.39. The van der Waals surface area contributed by atoms with Crippen LogP contribution in [-0.2, 0) is 9.59 Å². The van der Waals surface area contributed by atoms with Gasteiger partial charge in [0.2, 0.25) is 11.8 Å². The van der Waals surface area contributed by atoms with Crippen LogP contribution in [0.15, 0.2) is 0 Å². The molecule has 2 fully saturated rings. The Morgan fingerprint density at radius 3 is 2.53 bits per heavy atom. The third-order valence-electron chi connectivity index (χ3n) is 3.54. The zero-order valence-corrected chi connectivity index (χ0v) is 10.9. The quantitative estimate of drug-likeness (QED) is 0.799. The van der Waals surface area contributed by atoms with Crippen LogP contribution in [0.2, 0.25) is 0 Å². The maximum atomic E-state index is 12.1. The van der Waals surface area contributed by atoms with E-state index >= 15 is 0 Å². The molecule has 0 aromatic rings. The molecule has 2 atom stereocenters. The highest BCUT2D eigenvalue weighted by molar-refractivity contribution is 5.96. The minimum atomic E-state index is -0.357. The molecule has 4 heteroatoms.